The number of benzene rings is 1. The summed E-state index contributed by atoms with van der Waals surface area (Å²) >= 11 is 0. The maximum atomic E-state index is 13.5. The first kappa shape index (κ1) is 25.6. The Hall–Kier alpha value is -3.08. The second-order valence-electron chi connectivity index (χ2n) is 10.7. The lowest BCUT2D eigenvalue weighted by Gasteiger charge is -2.27. The number of aromatic nitrogens is 2. The number of anilines is 2. The van der Waals surface area contributed by atoms with Gasteiger partial charge < -0.3 is 14.7 Å². The summed E-state index contributed by atoms with van der Waals surface area (Å²) in [4.78, 5) is 32.3. The lowest BCUT2D eigenvalue weighted by atomic mass is 9.86. The van der Waals surface area contributed by atoms with Gasteiger partial charge >= 0.3 is 12.2 Å². The van der Waals surface area contributed by atoms with E-state index in [2.05, 4.69) is 14.9 Å². The zero-order chi connectivity index (χ0) is 26.4. The maximum absolute atomic E-state index is 13.5. The summed E-state index contributed by atoms with van der Waals surface area (Å²) in [6.45, 7) is 6.37. The minimum atomic E-state index is -4.37. The van der Waals surface area contributed by atoms with E-state index in [0.29, 0.717) is 25.3 Å². The van der Waals surface area contributed by atoms with E-state index in [1.165, 1.54) is 34.8 Å². The first-order chi connectivity index (χ1) is 17.5. The van der Waals surface area contributed by atoms with Gasteiger partial charge in [0.15, 0.2) is 0 Å². The molecule has 1 spiro atoms. The highest BCUT2D eigenvalue weighted by molar-refractivity contribution is 5.91. The predicted molar refractivity (Wildman–Crippen MR) is 134 cm³/mol. The lowest BCUT2D eigenvalue weighted by Crippen LogP contribution is -2.36. The van der Waals surface area contributed by atoms with Gasteiger partial charge in [-0.2, -0.15) is 23.0 Å². The molecule has 0 saturated carbocycles. The minimum absolute atomic E-state index is 0.0722. The number of amides is 2. The van der Waals surface area contributed by atoms with E-state index in [1.807, 2.05) is 0 Å². The Bertz CT molecular complexity index is 1180. The Balaban J connectivity index is 1.26. The number of nitrogens with zero attached hydrogens (tertiary/aromatic N) is 6. The van der Waals surface area contributed by atoms with Gasteiger partial charge in [0.25, 0.3) is 0 Å². The molecule has 1 unspecified atom stereocenters. The summed E-state index contributed by atoms with van der Waals surface area (Å²) in [7, 11) is 1.63. The van der Waals surface area contributed by atoms with Crippen molar-refractivity contribution in [1.29, 1.82) is 0 Å². The fourth-order valence-corrected chi connectivity index (χ4v) is 5.91. The molecule has 2 amide bonds. The van der Waals surface area contributed by atoms with Crippen LogP contribution in [0.4, 0.5) is 29.3 Å². The van der Waals surface area contributed by atoms with Crippen LogP contribution in [0.1, 0.15) is 43.7 Å². The summed E-state index contributed by atoms with van der Waals surface area (Å²) in [5, 5.41) is 4.15. The average molecular weight is 519 g/mol. The van der Waals surface area contributed by atoms with E-state index < -0.39 is 11.7 Å². The molecule has 8 nitrogen and oxygen atoms in total. The summed E-state index contributed by atoms with van der Waals surface area (Å²) in [5.41, 5.74) is 1.50. The molecular weight excluding hydrogens is 485 g/mol. The van der Waals surface area contributed by atoms with Crippen LogP contribution in [0, 0.1) is 5.41 Å². The molecule has 3 saturated heterocycles. The molecule has 37 heavy (non-hydrogen) atoms. The predicted octanol–water partition coefficient (Wildman–Crippen LogP) is 4.05. The zero-order valence-corrected chi connectivity index (χ0v) is 21.3. The van der Waals surface area contributed by atoms with Crippen molar-refractivity contribution in [3.8, 4) is 0 Å². The van der Waals surface area contributed by atoms with Gasteiger partial charge in [-0.3, -0.25) is 9.69 Å². The summed E-state index contributed by atoms with van der Waals surface area (Å²) in [6.07, 6.45) is 2.53. The number of halogens is 3. The Morgan fingerprint density at radius 2 is 1.81 bits per heavy atom. The van der Waals surface area contributed by atoms with Crippen LogP contribution in [0.5, 0.6) is 0 Å². The van der Waals surface area contributed by atoms with E-state index in [9.17, 15) is 22.8 Å². The van der Waals surface area contributed by atoms with Crippen molar-refractivity contribution >= 4 is 23.3 Å². The normalized spacial score (nSPS) is 22.4. The number of likely N-dealkylation sites (tertiary alicyclic amines) is 2. The molecule has 0 aliphatic carbocycles. The number of alkyl halides is 3. The average Bonchev–Trinajstić information content (AvgIpc) is 3.66. The number of carbonyl (C=O) groups is 2. The fraction of sp³-hybridized carbons (Fsp3) is 0.577. The molecule has 0 radical (unpaired) electrons. The third kappa shape index (κ3) is 5.18. The Morgan fingerprint density at radius 3 is 2.51 bits per heavy atom. The highest BCUT2D eigenvalue weighted by Gasteiger charge is 2.45. The Morgan fingerprint density at radius 1 is 1.08 bits per heavy atom. The number of hydrogen-bond acceptors (Lipinski definition) is 5. The minimum Gasteiger partial charge on any atom is -0.371 e. The summed E-state index contributed by atoms with van der Waals surface area (Å²) in [5.74, 6) is -0.146. The van der Waals surface area contributed by atoms with Crippen LogP contribution < -0.4 is 9.80 Å². The quantitative estimate of drug-likeness (QED) is 0.611. The molecule has 4 heterocycles. The molecule has 5 rings (SSSR count). The van der Waals surface area contributed by atoms with Gasteiger partial charge in [-0.05, 0) is 56.0 Å². The molecule has 0 bridgehead atoms. The van der Waals surface area contributed by atoms with Gasteiger partial charge in [0.1, 0.15) is 0 Å². The summed E-state index contributed by atoms with van der Waals surface area (Å²) < 4.78 is 41.7. The second-order valence-corrected chi connectivity index (χ2v) is 10.7. The van der Waals surface area contributed by atoms with Gasteiger partial charge in [-0.15, -0.1) is 0 Å². The number of carbonyl (C=O) groups excluding carboxylic acids is 2. The van der Waals surface area contributed by atoms with Crippen molar-refractivity contribution in [3.05, 3.63) is 41.7 Å². The Labute approximate surface area is 214 Å². The molecule has 0 N–H and O–H groups in total. The molecular formula is C26H33F3N6O2. The van der Waals surface area contributed by atoms with Crippen LogP contribution in [0.15, 0.2) is 30.6 Å². The molecule has 2 aromatic rings. The third-order valence-corrected chi connectivity index (χ3v) is 8.10. The van der Waals surface area contributed by atoms with Gasteiger partial charge in [-0.1, -0.05) is 0 Å². The van der Waals surface area contributed by atoms with E-state index >= 15 is 0 Å². The molecule has 3 aliphatic heterocycles. The number of hydrogen-bond donors (Lipinski definition) is 0. The van der Waals surface area contributed by atoms with Crippen LogP contribution in [0.3, 0.4) is 0 Å². The zero-order valence-electron chi connectivity index (χ0n) is 21.3. The van der Waals surface area contributed by atoms with Gasteiger partial charge in [-0.25, -0.2) is 4.79 Å². The fourth-order valence-electron chi connectivity index (χ4n) is 5.91. The van der Waals surface area contributed by atoms with Crippen molar-refractivity contribution in [2.75, 3.05) is 56.1 Å². The standard InChI is InChI=1S/C26H33F3N6O2/c1-19(36)31(2)22-14-30-35(16-22)24(37)34-12-8-25(18-34)7-11-32(17-25)15-20-13-21(26(27,28)29)5-6-23(20)33-9-3-4-10-33/h5-6,13-14,16H,3-4,7-12,15,17-18H2,1-2H3. The maximum Gasteiger partial charge on any atom is 0.416 e. The van der Waals surface area contributed by atoms with Crippen LogP contribution >= 0.6 is 0 Å². The van der Waals surface area contributed by atoms with Crippen LogP contribution in [-0.2, 0) is 17.5 Å². The smallest absolute Gasteiger partial charge is 0.371 e. The monoisotopic (exact) mass is 518 g/mol. The van der Waals surface area contributed by atoms with Gasteiger partial charge in [0.2, 0.25) is 5.91 Å². The summed E-state index contributed by atoms with van der Waals surface area (Å²) in [6, 6.07) is 3.91. The van der Waals surface area contributed by atoms with E-state index in [0.717, 1.165) is 63.1 Å². The highest BCUT2D eigenvalue weighted by Crippen LogP contribution is 2.41. The number of rotatable bonds is 4. The van der Waals surface area contributed by atoms with Crippen molar-refractivity contribution in [1.82, 2.24) is 19.6 Å². The molecule has 1 aromatic carbocycles. The van der Waals surface area contributed by atoms with Crippen molar-refractivity contribution in [2.45, 2.75) is 45.3 Å². The first-order valence-corrected chi connectivity index (χ1v) is 12.8. The third-order valence-electron chi connectivity index (χ3n) is 8.10. The van der Waals surface area contributed by atoms with Gasteiger partial charge in [0.05, 0.1) is 23.6 Å². The van der Waals surface area contributed by atoms with E-state index in [1.54, 1.807) is 24.2 Å². The molecule has 3 fully saturated rings. The lowest BCUT2D eigenvalue weighted by molar-refractivity contribution is -0.137. The molecule has 3 aliphatic rings. The Kier molecular flexibility index (Phi) is 6.68. The van der Waals surface area contributed by atoms with Crippen LogP contribution in [0.25, 0.3) is 0 Å². The second kappa shape index (κ2) is 9.66. The van der Waals surface area contributed by atoms with Crippen molar-refractivity contribution < 1.29 is 22.8 Å². The largest absolute Gasteiger partial charge is 0.416 e. The van der Waals surface area contributed by atoms with Gasteiger partial charge in [0, 0.05) is 64.3 Å². The van der Waals surface area contributed by atoms with Crippen LogP contribution in [-0.4, -0.2) is 77.8 Å². The van der Waals surface area contributed by atoms with E-state index in [-0.39, 0.29) is 17.4 Å². The van der Waals surface area contributed by atoms with Crippen molar-refractivity contribution in [3.63, 3.8) is 0 Å². The molecule has 200 valence electrons. The molecule has 11 heteroatoms. The highest BCUT2D eigenvalue weighted by atomic mass is 19.4. The molecule has 1 aromatic heterocycles. The molecule has 1 atom stereocenters. The topological polar surface area (TPSA) is 64.9 Å². The first-order valence-electron chi connectivity index (χ1n) is 12.8. The van der Waals surface area contributed by atoms with E-state index in [4.69, 9.17) is 0 Å². The van der Waals surface area contributed by atoms with Crippen LogP contribution in [0.2, 0.25) is 0 Å². The van der Waals surface area contributed by atoms with Crippen molar-refractivity contribution in [2.24, 2.45) is 5.41 Å². The SMILES string of the molecule is CC(=O)N(C)c1cnn(C(=O)N2CCC3(CCN(Cc4cc(C(F)(F)F)ccc4N4CCCC4)C3)C2)c1.